The van der Waals surface area contributed by atoms with Crippen molar-refractivity contribution < 1.29 is 4.79 Å². The van der Waals surface area contributed by atoms with Gasteiger partial charge in [-0.25, -0.2) is 0 Å². The number of benzene rings is 1. The molecule has 3 nitrogen and oxygen atoms in total. The van der Waals surface area contributed by atoms with Gasteiger partial charge in [0.2, 0.25) is 5.91 Å². The summed E-state index contributed by atoms with van der Waals surface area (Å²) in [6.45, 7) is 3.91. The maximum atomic E-state index is 12.3. The van der Waals surface area contributed by atoms with Crippen molar-refractivity contribution in [3.05, 3.63) is 28.2 Å². The number of likely N-dealkylation sites (tertiary alicyclic amines) is 1. The maximum absolute atomic E-state index is 12.3. The van der Waals surface area contributed by atoms with Gasteiger partial charge in [0.05, 0.1) is 16.8 Å². The highest BCUT2D eigenvalue weighted by Gasteiger charge is 2.22. The Labute approximate surface area is 130 Å². The Morgan fingerprint density at radius 3 is 2.50 bits per heavy atom. The van der Waals surface area contributed by atoms with Gasteiger partial charge < -0.3 is 5.32 Å². The normalized spacial score (nSPS) is 18.4. The van der Waals surface area contributed by atoms with E-state index >= 15 is 0 Å². The van der Waals surface area contributed by atoms with Gasteiger partial charge >= 0.3 is 0 Å². The van der Waals surface area contributed by atoms with Gasteiger partial charge in [-0.15, -0.1) is 0 Å². The topological polar surface area (TPSA) is 32.3 Å². The van der Waals surface area contributed by atoms with E-state index in [0.29, 0.717) is 15.7 Å². The van der Waals surface area contributed by atoms with Crippen molar-refractivity contribution in [2.75, 3.05) is 18.4 Å². The van der Waals surface area contributed by atoms with Crippen LogP contribution in [0, 0.1) is 0 Å². The molecule has 1 N–H and O–H groups in total. The Morgan fingerprint density at radius 1 is 1.20 bits per heavy atom. The van der Waals surface area contributed by atoms with Gasteiger partial charge in [0.1, 0.15) is 0 Å². The SMILES string of the molecule is C[C@@H](C(=O)Nc1cc(Cl)ccc1Cl)N1CCCCCC1. The van der Waals surface area contributed by atoms with E-state index in [2.05, 4.69) is 10.2 Å². The van der Waals surface area contributed by atoms with Gasteiger partial charge in [-0.1, -0.05) is 36.0 Å². The summed E-state index contributed by atoms with van der Waals surface area (Å²) in [6, 6.07) is 4.92. The average Bonchev–Trinajstić information content (AvgIpc) is 2.71. The summed E-state index contributed by atoms with van der Waals surface area (Å²) in [5, 5.41) is 3.94. The molecule has 1 atom stereocenters. The number of nitrogens with zero attached hydrogens (tertiary/aromatic N) is 1. The Bertz CT molecular complexity index is 471. The summed E-state index contributed by atoms with van der Waals surface area (Å²) in [4.78, 5) is 14.6. The van der Waals surface area contributed by atoms with Crippen molar-refractivity contribution in [3.8, 4) is 0 Å². The van der Waals surface area contributed by atoms with Crippen molar-refractivity contribution in [3.63, 3.8) is 0 Å². The lowest BCUT2D eigenvalue weighted by Crippen LogP contribution is -2.42. The first-order valence-corrected chi connectivity index (χ1v) is 7.83. The summed E-state index contributed by atoms with van der Waals surface area (Å²) in [7, 11) is 0. The standard InChI is InChI=1S/C15H20Cl2N2O/c1-11(19-8-4-2-3-5-9-19)15(20)18-14-10-12(16)6-7-13(14)17/h6-7,10-11H,2-5,8-9H2,1H3,(H,18,20)/t11-/m0/s1. The van der Waals surface area contributed by atoms with Gasteiger partial charge in [0, 0.05) is 5.02 Å². The molecule has 0 aromatic heterocycles. The van der Waals surface area contributed by atoms with Crippen molar-refractivity contribution in [2.24, 2.45) is 0 Å². The fraction of sp³-hybridized carbons (Fsp3) is 0.533. The van der Waals surface area contributed by atoms with Gasteiger partial charge in [0.15, 0.2) is 0 Å². The molecule has 0 radical (unpaired) electrons. The summed E-state index contributed by atoms with van der Waals surface area (Å²) in [5.41, 5.74) is 0.575. The molecule has 1 amide bonds. The Balaban J connectivity index is 2.01. The lowest BCUT2D eigenvalue weighted by molar-refractivity contribution is -0.120. The third kappa shape index (κ3) is 4.11. The molecule has 2 rings (SSSR count). The van der Waals surface area contributed by atoms with Crippen LogP contribution in [0.4, 0.5) is 5.69 Å². The largest absolute Gasteiger partial charge is 0.323 e. The van der Waals surface area contributed by atoms with Crippen LogP contribution < -0.4 is 5.32 Å². The maximum Gasteiger partial charge on any atom is 0.241 e. The lowest BCUT2D eigenvalue weighted by atomic mass is 10.2. The molecule has 5 heteroatoms. The Morgan fingerprint density at radius 2 is 1.85 bits per heavy atom. The first kappa shape index (κ1) is 15.6. The molecule has 1 heterocycles. The second kappa shape index (κ2) is 7.30. The van der Waals surface area contributed by atoms with Crippen molar-refractivity contribution in [2.45, 2.75) is 38.6 Å². The molecule has 0 aliphatic carbocycles. The van der Waals surface area contributed by atoms with Crippen LogP contribution in [0.25, 0.3) is 0 Å². The summed E-state index contributed by atoms with van der Waals surface area (Å²) in [5.74, 6) is -0.0314. The number of halogens is 2. The van der Waals surface area contributed by atoms with Gasteiger partial charge in [-0.2, -0.15) is 0 Å². The first-order chi connectivity index (χ1) is 9.58. The van der Waals surface area contributed by atoms with E-state index < -0.39 is 0 Å². The van der Waals surface area contributed by atoms with E-state index in [-0.39, 0.29) is 11.9 Å². The predicted octanol–water partition coefficient (Wildman–Crippen LogP) is 4.20. The second-order valence-electron chi connectivity index (χ2n) is 5.24. The third-order valence-corrected chi connectivity index (χ3v) is 4.32. The zero-order valence-corrected chi connectivity index (χ0v) is 13.2. The minimum atomic E-state index is -0.150. The number of nitrogens with one attached hydrogen (secondary N) is 1. The number of amides is 1. The van der Waals surface area contributed by atoms with Gasteiger partial charge in [0.25, 0.3) is 0 Å². The summed E-state index contributed by atoms with van der Waals surface area (Å²) >= 11 is 12.0. The average molecular weight is 315 g/mol. The van der Waals surface area contributed by atoms with Crippen molar-refractivity contribution in [1.82, 2.24) is 4.90 Å². The van der Waals surface area contributed by atoms with Crippen LogP contribution in [0.5, 0.6) is 0 Å². The molecular formula is C15H20Cl2N2O. The predicted molar refractivity (Wildman–Crippen MR) is 84.6 cm³/mol. The number of hydrogen-bond acceptors (Lipinski definition) is 2. The number of carbonyl (C=O) groups excluding carboxylic acids is 1. The molecule has 110 valence electrons. The van der Waals surface area contributed by atoms with Crippen molar-refractivity contribution in [1.29, 1.82) is 0 Å². The van der Waals surface area contributed by atoms with Crippen molar-refractivity contribution >= 4 is 34.8 Å². The van der Waals surface area contributed by atoms with Crippen LogP contribution >= 0.6 is 23.2 Å². The zero-order valence-electron chi connectivity index (χ0n) is 11.7. The van der Waals surface area contributed by atoms with E-state index in [1.807, 2.05) is 6.92 Å². The molecule has 1 aromatic carbocycles. The summed E-state index contributed by atoms with van der Waals surface area (Å²) < 4.78 is 0. The van der Waals surface area contributed by atoms with E-state index in [1.165, 1.54) is 12.8 Å². The minimum Gasteiger partial charge on any atom is -0.323 e. The van der Waals surface area contributed by atoms with Gasteiger partial charge in [-0.05, 0) is 51.1 Å². The van der Waals surface area contributed by atoms with Crippen LogP contribution in [0.1, 0.15) is 32.6 Å². The molecular weight excluding hydrogens is 295 g/mol. The fourth-order valence-corrected chi connectivity index (χ4v) is 2.82. The van der Waals surface area contributed by atoms with Crippen LogP contribution in [-0.2, 0) is 4.79 Å². The van der Waals surface area contributed by atoms with E-state index in [1.54, 1.807) is 18.2 Å². The Kier molecular flexibility index (Phi) is 5.70. The molecule has 1 aromatic rings. The number of carbonyl (C=O) groups is 1. The Hall–Kier alpha value is -0.770. The number of anilines is 1. The molecule has 1 saturated heterocycles. The van der Waals surface area contributed by atoms with Crippen LogP contribution in [-0.4, -0.2) is 29.9 Å². The van der Waals surface area contributed by atoms with Crippen LogP contribution in [0.2, 0.25) is 10.0 Å². The highest BCUT2D eigenvalue weighted by molar-refractivity contribution is 6.35. The molecule has 0 saturated carbocycles. The molecule has 1 aliphatic heterocycles. The van der Waals surface area contributed by atoms with Crippen LogP contribution in [0.15, 0.2) is 18.2 Å². The van der Waals surface area contributed by atoms with Crippen LogP contribution in [0.3, 0.4) is 0 Å². The molecule has 20 heavy (non-hydrogen) atoms. The minimum absolute atomic E-state index is 0.0314. The first-order valence-electron chi connectivity index (χ1n) is 7.08. The highest BCUT2D eigenvalue weighted by Crippen LogP contribution is 2.26. The zero-order chi connectivity index (χ0) is 14.5. The molecule has 0 bridgehead atoms. The lowest BCUT2D eigenvalue weighted by Gasteiger charge is -2.26. The number of rotatable bonds is 3. The van der Waals surface area contributed by atoms with E-state index in [9.17, 15) is 4.79 Å². The quantitative estimate of drug-likeness (QED) is 0.907. The van der Waals surface area contributed by atoms with E-state index in [4.69, 9.17) is 23.2 Å². The van der Waals surface area contributed by atoms with Gasteiger partial charge in [-0.3, -0.25) is 9.69 Å². The molecule has 1 aliphatic rings. The molecule has 1 fully saturated rings. The monoisotopic (exact) mass is 314 g/mol. The number of hydrogen-bond donors (Lipinski definition) is 1. The second-order valence-corrected chi connectivity index (χ2v) is 6.08. The smallest absolute Gasteiger partial charge is 0.241 e. The summed E-state index contributed by atoms with van der Waals surface area (Å²) in [6.07, 6.45) is 4.83. The molecule has 0 unspecified atom stereocenters. The molecule has 0 spiro atoms. The third-order valence-electron chi connectivity index (χ3n) is 3.75. The highest BCUT2D eigenvalue weighted by atomic mass is 35.5. The fourth-order valence-electron chi connectivity index (χ4n) is 2.48. The van der Waals surface area contributed by atoms with E-state index in [0.717, 1.165) is 25.9 Å².